The summed E-state index contributed by atoms with van der Waals surface area (Å²) in [6.45, 7) is 1.78. The van der Waals surface area contributed by atoms with E-state index in [9.17, 15) is 17.6 Å². The van der Waals surface area contributed by atoms with Crippen LogP contribution in [0.5, 0.6) is 5.75 Å². The average molecular weight is 551 g/mol. The second-order valence-corrected chi connectivity index (χ2v) is 11.2. The number of rotatable bonds is 11. The number of hydrogen-bond acceptors (Lipinski definition) is 5. The van der Waals surface area contributed by atoms with Crippen molar-refractivity contribution in [2.45, 2.75) is 22.5 Å². The number of benzene rings is 4. The molecule has 0 spiro atoms. The van der Waals surface area contributed by atoms with Crippen molar-refractivity contribution in [3.63, 3.8) is 0 Å². The van der Waals surface area contributed by atoms with Crippen molar-refractivity contribution in [1.82, 2.24) is 0 Å². The van der Waals surface area contributed by atoms with Gasteiger partial charge in [0, 0.05) is 16.3 Å². The first kappa shape index (κ1) is 27.2. The first-order chi connectivity index (χ1) is 18.3. The van der Waals surface area contributed by atoms with E-state index in [1.807, 2.05) is 49.4 Å². The Morgan fingerprint density at radius 3 is 2.18 bits per heavy atom. The van der Waals surface area contributed by atoms with Crippen LogP contribution in [0.25, 0.3) is 0 Å². The maximum Gasteiger partial charge on any atom is 0.264 e. The molecule has 0 fully saturated rings. The van der Waals surface area contributed by atoms with E-state index in [0.717, 1.165) is 27.8 Å². The van der Waals surface area contributed by atoms with Crippen molar-refractivity contribution < 1.29 is 22.3 Å². The molecule has 9 heteroatoms. The highest BCUT2D eigenvalue weighted by molar-refractivity contribution is 7.98. The lowest BCUT2D eigenvalue weighted by molar-refractivity contribution is -0.114. The Kier molecular flexibility index (Phi) is 9.04. The van der Waals surface area contributed by atoms with Crippen molar-refractivity contribution in [2.24, 2.45) is 0 Å². The largest absolute Gasteiger partial charge is 0.494 e. The molecule has 4 aromatic carbocycles. The molecule has 0 heterocycles. The molecule has 1 N–H and O–H groups in total. The van der Waals surface area contributed by atoms with E-state index >= 15 is 0 Å². The zero-order valence-corrected chi connectivity index (χ0v) is 22.3. The Morgan fingerprint density at radius 2 is 1.55 bits per heavy atom. The minimum Gasteiger partial charge on any atom is -0.494 e. The van der Waals surface area contributed by atoms with Crippen LogP contribution in [0.4, 0.5) is 15.8 Å². The molecule has 0 aliphatic carbocycles. The van der Waals surface area contributed by atoms with Crippen LogP contribution in [0.3, 0.4) is 0 Å². The predicted octanol–water partition coefficient (Wildman–Crippen LogP) is 6.35. The molecule has 0 radical (unpaired) electrons. The van der Waals surface area contributed by atoms with Gasteiger partial charge in [-0.2, -0.15) is 0 Å². The summed E-state index contributed by atoms with van der Waals surface area (Å²) in [4.78, 5) is 14.1. The quantitative estimate of drug-likeness (QED) is 0.220. The van der Waals surface area contributed by atoms with Gasteiger partial charge >= 0.3 is 0 Å². The number of nitrogens with zero attached hydrogens (tertiary/aromatic N) is 1. The average Bonchev–Trinajstić information content (AvgIpc) is 2.93. The number of hydrogen-bond donors (Lipinski definition) is 1. The van der Waals surface area contributed by atoms with Crippen LogP contribution >= 0.6 is 11.8 Å². The summed E-state index contributed by atoms with van der Waals surface area (Å²) in [5, 5.41) is 2.76. The van der Waals surface area contributed by atoms with Crippen molar-refractivity contribution in [2.75, 3.05) is 22.8 Å². The van der Waals surface area contributed by atoms with Crippen LogP contribution < -0.4 is 14.4 Å². The second kappa shape index (κ2) is 12.6. The van der Waals surface area contributed by atoms with Crippen molar-refractivity contribution in [1.29, 1.82) is 0 Å². The van der Waals surface area contributed by atoms with E-state index in [-0.39, 0.29) is 10.6 Å². The van der Waals surface area contributed by atoms with E-state index in [2.05, 4.69) is 5.32 Å². The molecular formula is C29H27FN2O4S2. The van der Waals surface area contributed by atoms with Gasteiger partial charge in [-0.05, 0) is 85.3 Å². The molecular weight excluding hydrogens is 523 g/mol. The van der Waals surface area contributed by atoms with E-state index in [1.54, 1.807) is 36.0 Å². The highest BCUT2D eigenvalue weighted by Crippen LogP contribution is 2.26. The Balaban J connectivity index is 1.48. The molecule has 4 rings (SSSR count). The number of nitrogens with one attached hydrogen (secondary N) is 1. The van der Waals surface area contributed by atoms with E-state index in [4.69, 9.17) is 4.74 Å². The maximum absolute atomic E-state index is 13.6. The number of ether oxygens (including phenoxy) is 1. The number of carbonyl (C=O) groups is 1. The van der Waals surface area contributed by atoms with Crippen molar-refractivity contribution in [3.05, 3.63) is 115 Å². The van der Waals surface area contributed by atoms with Gasteiger partial charge in [-0.3, -0.25) is 9.10 Å². The molecule has 4 aromatic rings. The highest BCUT2D eigenvalue weighted by Gasteiger charge is 2.27. The molecule has 0 aliphatic rings. The summed E-state index contributed by atoms with van der Waals surface area (Å²) in [5.41, 5.74) is 1.80. The summed E-state index contributed by atoms with van der Waals surface area (Å²) < 4.78 is 46.9. The summed E-state index contributed by atoms with van der Waals surface area (Å²) in [5.74, 6) is 0.261. The number of sulfonamides is 1. The fourth-order valence-corrected chi connectivity index (χ4v) is 5.92. The third-order valence-corrected chi connectivity index (χ3v) is 8.38. The van der Waals surface area contributed by atoms with Crippen LogP contribution in [0.2, 0.25) is 0 Å². The van der Waals surface area contributed by atoms with Gasteiger partial charge in [0.15, 0.2) is 0 Å². The number of carbonyl (C=O) groups excluding carboxylic acids is 1. The van der Waals surface area contributed by atoms with Gasteiger partial charge in [0.2, 0.25) is 5.91 Å². The lowest BCUT2D eigenvalue weighted by atomic mass is 10.2. The molecule has 1 amide bonds. The van der Waals surface area contributed by atoms with Gasteiger partial charge in [0.25, 0.3) is 10.0 Å². The van der Waals surface area contributed by atoms with Gasteiger partial charge in [0.05, 0.1) is 17.2 Å². The first-order valence-corrected chi connectivity index (χ1v) is 14.4. The molecule has 0 aromatic heterocycles. The molecule has 0 atom stereocenters. The van der Waals surface area contributed by atoms with Gasteiger partial charge in [0.1, 0.15) is 18.1 Å². The normalized spacial score (nSPS) is 11.1. The van der Waals surface area contributed by atoms with Crippen LogP contribution in [0.1, 0.15) is 12.5 Å². The summed E-state index contributed by atoms with van der Waals surface area (Å²) in [7, 11) is -4.13. The third kappa shape index (κ3) is 7.14. The second-order valence-electron chi connectivity index (χ2n) is 8.24. The zero-order valence-electron chi connectivity index (χ0n) is 20.7. The molecule has 196 valence electrons. The molecule has 0 aliphatic heterocycles. The zero-order chi connectivity index (χ0) is 27.0. The number of amides is 1. The number of halogens is 1. The Hall–Kier alpha value is -3.82. The van der Waals surface area contributed by atoms with Crippen LogP contribution in [-0.4, -0.2) is 27.5 Å². The van der Waals surface area contributed by atoms with E-state index in [1.165, 1.54) is 29.2 Å². The Morgan fingerprint density at radius 1 is 0.895 bits per heavy atom. The molecule has 0 saturated carbocycles. The lowest BCUT2D eigenvalue weighted by Crippen LogP contribution is -2.38. The van der Waals surface area contributed by atoms with Crippen LogP contribution in [0.15, 0.2) is 113 Å². The summed E-state index contributed by atoms with van der Waals surface area (Å²) in [6, 6.07) is 28.4. The fraction of sp³-hybridized carbons (Fsp3) is 0.138. The molecule has 38 heavy (non-hydrogen) atoms. The van der Waals surface area contributed by atoms with Crippen LogP contribution in [0, 0.1) is 5.82 Å². The van der Waals surface area contributed by atoms with E-state index in [0.29, 0.717) is 18.0 Å². The first-order valence-electron chi connectivity index (χ1n) is 11.9. The topological polar surface area (TPSA) is 75.7 Å². The third-order valence-electron chi connectivity index (χ3n) is 5.51. The van der Waals surface area contributed by atoms with Crippen molar-refractivity contribution >= 4 is 39.1 Å². The summed E-state index contributed by atoms with van der Waals surface area (Å²) in [6.07, 6.45) is 0. The Labute approximate surface area is 226 Å². The minimum absolute atomic E-state index is 0.0154. The fourth-order valence-electron chi connectivity index (χ4n) is 3.62. The Bertz CT molecular complexity index is 1450. The molecule has 0 bridgehead atoms. The standard InChI is InChI=1S/C29H27FN2O4S2/c1-2-36-26-16-18-28(19-17-26)38(34,35)32(25-14-10-23(30)11-15-25)20-29(33)31-24-12-8-22(9-13-24)21-37-27-6-4-3-5-7-27/h3-19H,2,20-21H2,1H3,(H,31,33). The summed E-state index contributed by atoms with van der Waals surface area (Å²) >= 11 is 1.71. The van der Waals surface area contributed by atoms with Gasteiger partial charge in [-0.15, -0.1) is 11.8 Å². The maximum atomic E-state index is 13.6. The van der Waals surface area contributed by atoms with Crippen LogP contribution in [-0.2, 0) is 20.6 Å². The monoisotopic (exact) mass is 550 g/mol. The smallest absolute Gasteiger partial charge is 0.264 e. The van der Waals surface area contributed by atoms with Crippen molar-refractivity contribution in [3.8, 4) is 5.75 Å². The number of thioether (sulfide) groups is 1. The molecule has 6 nitrogen and oxygen atoms in total. The SMILES string of the molecule is CCOc1ccc(S(=O)(=O)N(CC(=O)Nc2ccc(CSc3ccccc3)cc2)c2ccc(F)cc2)cc1. The van der Waals surface area contributed by atoms with Gasteiger partial charge < -0.3 is 10.1 Å². The highest BCUT2D eigenvalue weighted by atomic mass is 32.2. The minimum atomic E-state index is -4.13. The van der Waals surface area contributed by atoms with Gasteiger partial charge in [-0.1, -0.05) is 30.3 Å². The van der Waals surface area contributed by atoms with Gasteiger partial charge in [-0.25, -0.2) is 12.8 Å². The lowest BCUT2D eigenvalue weighted by Gasteiger charge is -2.24. The number of anilines is 2. The molecule has 0 unspecified atom stereocenters. The predicted molar refractivity (Wildman–Crippen MR) is 150 cm³/mol. The van der Waals surface area contributed by atoms with E-state index < -0.39 is 28.3 Å². The molecule has 0 saturated heterocycles.